The van der Waals surface area contributed by atoms with Gasteiger partial charge in [0.1, 0.15) is 5.75 Å². The van der Waals surface area contributed by atoms with Crippen LogP contribution in [0.25, 0.3) is 0 Å². The fourth-order valence-corrected chi connectivity index (χ4v) is 2.71. The molecule has 1 aromatic carbocycles. The third-order valence-electron chi connectivity index (χ3n) is 3.36. The van der Waals surface area contributed by atoms with Crippen LogP contribution in [-0.2, 0) is 16.6 Å². The molecule has 0 aliphatic heterocycles. The van der Waals surface area contributed by atoms with E-state index < -0.39 is 0 Å². The van der Waals surface area contributed by atoms with Crippen LogP contribution in [0.1, 0.15) is 38.3 Å². The molecule has 2 N–H and O–H groups in total. The van der Waals surface area contributed by atoms with Crippen LogP contribution < -0.4 is 5.32 Å². The van der Waals surface area contributed by atoms with Crippen molar-refractivity contribution in [3.8, 4) is 5.75 Å². The Morgan fingerprint density at radius 3 is 2.67 bits per heavy atom. The summed E-state index contributed by atoms with van der Waals surface area (Å²) in [5.74, 6) is 0.0226. The molecule has 0 saturated heterocycles. The van der Waals surface area contributed by atoms with Crippen molar-refractivity contribution in [2.24, 2.45) is 0 Å². The number of nitrogens with one attached hydrogen (secondary N) is 1. The number of phenols is 1. The van der Waals surface area contributed by atoms with Crippen molar-refractivity contribution in [1.82, 2.24) is 0 Å². The minimum Gasteiger partial charge on any atom is -0.506 e. The van der Waals surface area contributed by atoms with E-state index in [-0.39, 0.29) is 17.1 Å². The third kappa shape index (κ3) is 4.33. The number of carbonyl (C=O) groups excluding carboxylic acids is 1. The molecule has 0 bridgehead atoms. The van der Waals surface area contributed by atoms with E-state index >= 15 is 0 Å². The van der Waals surface area contributed by atoms with Crippen LogP contribution in [0.4, 0.5) is 5.69 Å². The molecule has 2 rings (SSSR count). The molecule has 0 fully saturated rings. The number of rotatable bonds is 4. The molecule has 0 saturated carbocycles. The number of hydrogen-bond acceptors (Lipinski definition) is 3. The van der Waals surface area contributed by atoms with E-state index in [9.17, 15) is 9.90 Å². The van der Waals surface area contributed by atoms with Crippen molar-refractivity contribution < 1.29 is 9.90 Å². The van der Waals surface area contributed by atoms with E-state index in [1.807, 2.05) is 29.0 Å². The number of thiophene rings is 1. The van der Waals surface area contributed by atoms with E-state index in [0.717, 1.165) is 12.0 Å². The van der Waals surface area contributed by atoms with Gasteiger partial charge < -0.3 is 10.4 Å². The molecule has 112 valence electrons. The second kappa shape index (κ2) is 6.31. The quantitative estimate of drug-likeness (QED) is 0.826. The zero-order valence-corrected chi connectivity index (χ0v) is 13.5. The Kier molecular flexibility index (Phi) is 4.68. The Hall–Kier alpha value is -1.81. The summed E-state index contributed by atoms with van der Waals surface area (Å²) in [7, 11) is 0. The van der Waals surface area contributed by atoms with Crippen molar-refractivity contribution in [1.29, 1.82) is 0 Å². The molecule has 4 heteroatoms. The van der Waals surface area contributed by atoms with Gasteiger partial charge in [0, 0.05) is 6.42 Å². The highest BCUT2D eigenvalue weighted by Gasteiger charge is 2.16. The number of amides is 1. The second-order valence-corrected chi connectivity index (χ2v) is 6.94. The maximum absolute atomic E-state index is 12.0. The fraction of sp³-hybridized carbons (Fsp3) is 0.353. The van der Waals surface area contributed by atoms with Crippen LogP contribution >= 0.6 is 11.3 Å². The first kappa shape index (κ1) is 15.6. The number of phenolic OH excluding ortho intramolecular Hbond substituents is 1. The Labute approximate surface area is 129 Å². The Morgan fingerprint density at radius 2 is 2.05 bits per heavy atom. The summed E-state index contributed by atoms with van der Waals surface area (Å²) in [4.78, 5) is 12.0. The lowest BCUT2D eigenvalue weighted by molar-refractivity contribution is -0.116. The van der Waals surface area contributed by atoms with Gasteiger partial charge in [0.2, 0.25) is 5.91 Å². The maximum Gasteiger partial charge on any atom is 0.224 e. The van der Waals surface area contributed by atoms with Gasteiger partial charge in [-0.2, -0.15) is 11.3 Å². The topological polar surface area (TPSA) is 49.3 Å². The molecule has 3 nitrogen and oxygen atoms in total. The highest BCUT2D eigenvalue weighted by Crippen LogP contribution is 2.30. The van der Waals surface area contributed by atoms with Gasteiger partial charge in [-0.3, -0.25) is 4.79 Å². The van der Waals surface area contributed by atoms with Crippen molar-refractivity contribution in [3.05, 3.63) is 46.2 Å². The SMILES string of the molecule is CC(C)(C)c1ccc(O)c(NC(=O)CCc2ccsc2)c1. The van der Waals surface area contributed by atoms with Gasteiger partial charge in [0.25, 0.3) is 0 Å². The summed E-state index contributed by atoms with van der Waals surface area (Å²) >= 11 is 1.63. The van der Waals surface area contributed by atoms with Crippen molar-refractivity contribution in [2.75, 3.05) is 5.32 Å². The van der Waals surface area contributed by atoms with Crippen LogP contribution in [0.5, 0.6) is 5.75 Å². The number of carbonyl (C=O) groups is 1. The molecule has 0 atom stereocenters. The van der Waals surface area contributed by atoms with Gasteiger partial charge in [-0.15, -0.1) is 0 Å². The van der Waals surface area contributed by atoms with E-state index in [2.05, 4.69) is 26.1 Å². The first-order valence-corrected chi connectivity index (χ1v) is 7.95. The first-order chi connectivity index (χ1) is 9.86. The maximum atomic E-state index is 12.0. The molecule has 1 amide bonds. The minimum absolute atomic E-state index is 0.0240. The number of aromatic hydroxyl groups is 1. The van der Waals surface area contributed by atoms with E-state index in [1.54, 1.807) is 17.4 Å². The molecular formula is C17H21NO2S. The number of anilines is 1. The summed E-state index contributed by atoms with van der Waals surface area (Å²) in [6, 6.07) is 7.39. The van der Waals surface area contributed by atoms with Crippen LogP contribution in [0, 0.1) is 0 Å². The van der Waals surface area contributed by atoms with Crippen LogP contribution in [0.2, 0.25) is 0 Å². The zero-order chi connectivity index (χ0) is 15.5. The summed E-state index contributed by atoms with van der Waals surface area (Å²) in [6.45, 7) is 6.30. The normalized spacial score (nSPS) is 11.4. The van der Waals surface area contributed by atoms with Crippen LogP contribution in [0.15, 0.2) is 35.0 Å². The summed E-state index contributed by atoms with van der Waals surface area (Å²) in [5, 5.41) is 16.7. The summed E-state index contributed by atoms with van der Waals surface area (Å²) in [6.07, 6.45) is 1.13. The number of aryl methyl sites for hydroxylation is 1. The van der Waals surface area contributed by atoms with Gasteiger partial charge >= 0.3 is 0 Å². The smallest absolute Gasteiger partial charge is 0.224 e. The van der Waals surface area contributed by atoms with Crippen molar-refractivity contribution >= 4 is 22.9 Å². The lowest BCUT2D eigenvalue weighted by atomic mass is 9.87. The molecule has 1 heterocycles. The molecule has 0 aliphatic rings. The average Bonchev–Trinajstić information content (AvgIpc) is 2.91. The lowest BCUT2D eigenvalue weighted by Crippen LogP contribution is -2.15. The first-order valence-electron chi connectivity index (χ1n) is 7.00. The minimum atomic E-state index is -0.0810. The van der Waals surface area contributed by atoms with Crippen molar-refractivity contribution in [3.63, 3.8) is 0 Å². The molecule has 1 aromatic heterocycles. The average molecular weight is 303 g/mol. The molecular weight excluding hydrogens is 282 g/mol. The van der Waals surface area contributed by atoms with Gasteiger partial charge in [-0.25, -0.2) is 0 Å². The Balaban J connectivity index is 2.03. The fourth-order valence-electron chi connectivity index (χ4n) is 2.01. The number of hydrogen-bond donors (Lipinski definition) is 2. The highest BCUT2D eigenvalue weighted by molar-refractivity contribution is 7.07. The molecule has 21 heavy (non-hydrogen) atoms. The van der Waals surface area contributed by atoms with E-state index in [0.29, 0.717) is 12.1 Å². The largest absolute Gasteiger partial charge is 0.506 e. The number of benzene rings is 1. The van der Waals surface area contributed by atoms with Gasteiger partial charge in [0.05, 0.1) is 5.69 Å². The lowest BCUT2D eigenvalue weighted by Gasteiger charge is -2.20. The van der Waals surface area contributed by atoms with Crippen LogP contribution in [-0.4, -0.2) is 11.0 Å². The molecule has 0 radical (unpaired) electrons. The van der Waals surface area contributed by atoms with Gasteiger partial charge in [-0.1, -0.05) is 26.8 Å². The second-order valence-electron chi connectivity index (χ2n) is 6.16. The molecule has 0 aliphatic carbocycles. The monoisotopic (exact) mass is 303 g/mol. The van der Waals surface area contributed by atoms with E-state index in [4.69, 9.17) is 0 Å². The Morgan fingerprint density at radius 1 is 1.29 bits per heavy atom. The molecule has 0 unspecified atom stereocenters. The summed E-state index contributed by atoms with van der Waals surface area (Å²) < 4.78 is 0. The predicted molar refractivity (Wildman–Crippen MR) is 88.1 cm³/mol. The van der Waals surface area contributed by atoms with Gasteiger partial charge in [-0.05, 0) is 51.9 Å². The van der Waals surface area contributed by atoms with Crippen molar-refractivity contribution in [2.45, 2.75) is 39.0 Å². The van der Waals surface area contributed by atoms with Crippen LogP contribution in [0.3, 0.4) is 0 Å². The molecule has 2 aromatic rings. The standard InChI is InChI=1S/C17H21NO2S/c1-17(2,3)13-5-6-15(19)14(10-13)18-16(20)7-4-12-8-9-21-11-12/h5-6,8-11,19H,4,7H2,1-3H3,(H,18,20). The Bertz CT molecular complexity index is 612. The van der Waals surface area contributed by atoms with Gasteiger partial charge in [0.15, 0.2) is 0 Å². The highest BCUT2D eigenvalue weighted by atomic mass is 32.1. The third-order valence-corrected chi connectivity index (χ3v) is 4.09. The summed E-state index contributed by atoms with van der Waals surface area (Å²) in [5.41, 5.74) is 2.71. The zero-order valence-electron chi connectivity index (χ0n) is 12.6. The predicted octanol–water partition coefficient (Wildman–Crippen LogP) is 4.32. The van der Waals surface area contributed by atoms with E-state index in [1.165, 1.54) is 5.56 Å². The molecule has 0 spiro atoms.